The average Bonchev–Trinajstić information content (AvgIpc) is 2.77. The first-order chi connectivity index (χ1) is 15.1. The molecular weight excluding hydrogens is 384 g/mol. The van der Waals surface area contributed by atoms with Gasteiger partial charge >= 0.3 is 5.97 Å². The van der Waals surface area contributed by atoms with E-state index in [1.165, 1.54) is 89.9 Å². The van der Waals surface area contributed by atoms with Gasteiger partial charge in [0.25, 0.3) is 0 Å². The van der Waals surface area contributed by atoms with Crippen LogP contribution in [0.5, 0.6) is 0 Å². The Balaban J connectivity index is 3.65. The molecule has 0 aliphatic rings. The van der Waals surface area contributed by atoms with Crippen molar-refractivity contribution in [1.82, 2.24) is 0 Å². The van der Waals surface area contributed by atoms with Gasteiger partial charge in [-0.05, 0) is 25.7 Å². The minimum absolute atomic E-state index is 0.393. The van der Waals surface area contributed by atoms with E-state index in [1.54, 1.807) is 0 Å². The molecular formula is C28H56O3. The van der Waals surface area contributed by atoms with E-state index >= 15 is 0 Å². The summed E-state index contributed by atoms with van der Waals surface area (Å²) in [4.78, 5) is 12.4. The predicted molar refractivity (Wildman–Crippen MR) is 135 cm³/mol. The van der Waals surface area contributed by atoms with E-state index < -0.39 is 11.6 Å². The Morgan fingerprint density at radius 1 is 0.548 bits per heavy atom. The van der Waals surface area contributed by atoms with Crippen molar-refractivity contribution in [2.24, 2.45) is 0 Å². The molecule has 186 valence electrons. The highest BCUT2D eigenvalue weighted by molar-refractivity contribution is 5.79. The number of esters is 1. The zero-order chi connectivity index (χ0) is 23.0. The van der Waals surface area contributed by atoms with Gasteiger partial charge in [-0.25, -0.2) is 4.79 Å². The summed E-state index contributed by atoms with van der Waals surface area (Å²) in [5.41, 5.74) is -1.26. The van der Waals surface area contributed by atoms with Crippen LogP contribution >= 0.6 is 0 Å². The monoisotopic (exact) mass is 440 g/mol. The van der Waals surface area contributed by atoms with Gasteiger partial charge in [-0.15, -0.1) is 0 Å². The first kappa shape index (κ1) is 30.4. The van der Waals surface area contributed by atoms with Gasteiger partial charge < -0.3 is 9.84 Å². The van der Waals surface area contributed by atoms with Gasteiger partial charge in [0.05, 0.1) is 6.61 Å². The van der Waals surface area contributed by atoms with Crippen molar-refractivity contribution in [2.75, 3.05) is 6.61 Å². The molecule has 0 spiro atoms. The maximum Gasteiger partial charge on any atom is 0.338 e. The lowest BCUT2D eigenvalue weighted by atomic mass is 9.90. The third-order valence-electron chi connectivity index (χ3n) is 6.50. The number of carbonyl (C=O) groups is 1. The normalized spacial score (nSPS) is 13.3. The second-order valence-electron chi connectivity index (χ2n) is 9.68. The number of hydrogen-bond donors (Lipinski definition) is 1. The smallest absolute Gasteiger partial charge is 0.338 e. The third-order valence-corrected chi connectivity index (χ3v) is 6.50. The summed E-state index contributed by atoms with van der Waals surface area (Å²) >= 11 is 0. The van der Waals surface area contributed by atoms with Crippen LogP contribution in [0.15, 0.2) is 0 Å². The van der Waals surface area contributed by atoms with E-state index in [2.05, 4.69) is 20.8 Å². The average molecular weight is 441 g/mol. The lowest BCUT2D eigenvalue weighted by Gasteiger charge is -2.26. The molecule has 0 aromatic heterocycles. The summed E-state index contributed by atoms with van der Waals surface area (Å²) in [6.45, 7) is 6.88. The lowest BCUT2D eigenvalue weighted by Crippen LogP contribution is -2.40. The molecule has 1 unspecified atom stereocenters. The zero-order valence-electron chi connectivity index (χ0n) is 21.5. The van der Waals surface area contributed by atoms with E-state index in [4.69, 9.17) is 4.74 Å². The Morgan fingerprint density at radius 3 is 1.32 bits per heavy atom. The van der Waals surface area contributed by atoms with E-state index in [-0.39, 0.29) is 0 Å². The van der Waals surface area contributed by atoms with Gasteiger partial charge in [0.1, 0.15) is 0 Å². The van der Waals surface area contributed by atoms with E-state index in [0.29, 0.717) is 19.4 Å². The number of unbranched alkanes of at least 4 members (excludes halogenated alkanes) is 17. The molecule has 0 aliphatic carbocycles. The topological polar surface area (TPSA) is 46.5 Å². The van der Waals surface area contributed by atoms with Gasteiger partial charge in [0.15, 0.2) is 5.60 Å². The molecule has 31 heavy (non-hydrogen) atoms. The summed E-state index contributed by atoms with van der Waals surface area (Å²) in [5.74, 6) is -0.393. The van der Waals surface area contributed by atoms with Crippen molar-refractivity contribution in [3.8, 4) is 0 Å². The second-order valence-corrected chi connectivity index (χ2v) is 9.68. The largest absolute Gasteiger partial charge is 0.464 e. The molecule has 0 rings (SSSR count). The standard InChI is InChI=1S/C28H56O3/c1-4-7-10-11-12-13-14-15-16-17-18-19-20-21-22-23-25-28(30,24-8-5-2)27(29)31-26-9-6-3/h30H,4-26H2,1-3H3. The molecule has 0 fully saturated rings. The number of hydrogen-bond acceptors (Lipinski definition) is 3. The van der Waals surface area contributed by atoms with Crippen LogP contribution in [0.3, 0.4) is 0 Å². The molecule has 0 aliphatic heterocycles. The van der Waals surface area contributed by atoms with Crippen molar-refractivity contribution < 1.29 is 14.6 Å². The fourth-order valence-corrected chi connectivity index (χ4v) is 4.21. The molecule has 0 amide bonds. The SMILES string of the molecule is CCCCCCCCCCCCCCCCCCC(O)(CCCC)C(=O)OCCCC. The van der Waals surface area contributed by atoms with Crippen LogP contribution in [-0.4, -0.2) is 23.3 Å². The summed E-state index contributed by atoms with van der Waals surface area (Å²) in [7, 11) is 0. The molecule has 3 nitrogen and oxygen atoms in total. The Morgan fingerprint density at radius 2 is 0.903 bits per heavy atom. The first-order valence-electron chi connectivity index (χ1n) is 14.0. The Labute approximate surface area is 195 Å². The molecule has 0 bridgehead atoms. The van der Waals surface area contributed by atoms with Crippen molar-refractivity contribution >= 4 is 5.97 Å². The Kier molecular flexibility index (Phi) is 22.2. The molecule has 0 heterocycles. The molecule has 0 saturated heterocycles. The fraction of sp³-hybridized carbons (Fsp3) is 0.964. The molecule has 0 radical (unpaired) electrons. The fourth-order valence-electron chi connectivity index (χ4n) is 4.21. The van der Waals surface area contributed by atoms with Gasteiger partial charge in [-0.3, -0.25) is 0 Å². The predicted octanol–water partition coefficient (Wildman–Crippen LogP) is 8.90. The highest BCUT2D eigenvalue weighted by Gasteiger charge is 2.36. The third kappa shape index (κ3) is 18.7. The number of rotatable bonds is 24. The number of aliphatic hydroxyl groups is 1. The highest BCUT2D eigenvalue weighted by Crippen LogP contribution is 2.24. The molecule has 1 N–H and O–H groups in total. The maximum atomic E-state index is 12.4. The van der Waals surface area contributed by atoms with Crippen LogP contribution in [0.4, 0.5) is 0 Å². The first-order valence-corrected chi connectivity index (χ1v) is 14.0. The Bertz CT molecular complexity index is 382. The van der Waals surface area contributed by atoms with Crippen LogP contribution in [0.2, 0.25) is 0 Å². The molecule has 1 atom stereocenters. The molecule has 0 aromatic carbocycles. The molecule has 3 heteroatoms. The lowest BCUT2D eigenvalue weighted by molar-refractivity contribution is -0.167. The van der Waals surface area contributed by atoms with Crippen molar-refractivity contribution in [2.45, 2.75) is 168 Å². The summed E-state index contributed by atoms with van der Waals surface area (Å²) in [6.07, 6.45) is 26.1. The van der Waals surface area contributed by atoms with E-state index in [0.717, 1.165) is 38.5 Å². The van der Waals surface area contributed by atoms with Crippen LogP contribution in [0, 0.1) is 0 Å². The minimum Gasteiger partial charge on any atom is -0.464 e. The minimum atomic E-state index is -1.26. The van der Waals surface area contributed by atoms with Gasteiger partial charge in [-0.1, -0.05) is 136 Å². The summed E-state index contributed by atoms with van der Waals surface area (Å²) in [5, 5.41) is 10.9. The van der Waals surface area contributed by atoms with Gasteiger partial charge in [-0.2, -0.15) is 0 Å². The highest BCUT2D eigenvalue weighted by atomic mass is 16.5. The van der Waals surface area contributed by atoms with Crippen LogP contribution < -0.4 is 0 Å². The van der Waals surface area contributed by atoms with Crippen molar-refractivity contribution in [1.29, 1.82) is 0 Å². The summed E-state index contributed by atoms with van der Waals surface area (Å²) < 4.78 is 5.34. The van der Waals surface area contributed by atoms with E-state index in [9.17, 15) is 9.90 Å². The van der Waals surface area contributed by atoms with Crippen LogP contribution in [-0.2, 0) is 9.53 Å². The van der Waals surface area contributed by atoms with Gasteiger partial charge in [0.2, 0.25) is 0 Å². The van der Waals surface area contributed by atoms with Crippen molar-refractivity contribution in [3.63, 3.8) is 0 Å². The zero-order valence-corrected chi connectivity index (χ0v) is 21.5. The molecule has 0 saturated carbocycles. The summed E-state index contributed by atoms with van der Waals surface area (Å²) in [6, 6.07) is 0. The van der Waals surface area contributed by atoms with Crippen molar-refractivity contribution in [3.05, 3.63) is 0 Å². The van der Waals surface area contributed by atoms with E-state index in [1.807, 2.05) is 0 Å². The molecule has 0 aromatic rings. The van der Waals surface area contributed by atoms with Gasteiger partial charge in [0, 0.05) is 0 Å². The van der Waals surface area contributed by atoms with Crippen LogP contribution in [0.1, 0.15) is 162 Å². The Hall–Kier alpha value is -0.570. The quantitative estimate of drug-likeness (QED) is 0.120. The second kappa shape index (κ2) is 22.6. The number of ether oxygens (including phenoxy) is 1. The number of carbonyl (C=O) groups excluding carboxylic acids is 1. The van der Waals surface area contributed by atoms with Crippen LogP contribution in [0.25, 0.3) is 0 Å². The maximum absolute atomic E-state index is 12.4.